The van der Waals surface area contributed by atoms with Crippen molar-refractivity contribution in [1.29, 1.82) is 0 Å². The summed E-state index contributed by atoms with van der Waals surface area (Å²) in [5, 5.41) is 3.28. The van der Waals surface area contributed by atoms with Gasteiger partial charge in [-0.15, -0.1) is 0 Å². The van der Waals surface area contributed by atoms with Gasteiger partial charge in [-0.3, -0.25) is 0 Å². The average molecular weight is 273 g/mol. The summed E-state index contributed by atoms with van der Waals surface area (Å²) in [7, 11) is 0. The van der Waals surface area contributed by atoms with Crippen LogP contribution in [0.15, 0.2) is 24.3 Å². The molecule has 5 heteroatoms. The summed E-state index contributed by atoms with van der Waals surface area (Å²) in [6, 6.07) is 5.16. The highest BCUT2D eigenvalue weighted by Crippen LogP contribution is 2.29. The van der Waals surface area contributed by atoms with Gasteiger partial charge >= 0.3 is 6.18 Å². The maximum absolute atomic E-state index is 12.4. The van der Waals surface area contributed by atoms with Gasteiger partial charge in [0.2, 0.25) is 0 Å². The van der Waals surface area contributed by atoms with E-state index in [0.29, 0.717) is 19.1 Å². The van der Waals surface area contributed by atoms with Crippen LogP contribution >= 0.6 is 0 Å². The molecule has 1 aromatic rings. The lowest BCUT2D eigenvalue weighted by molar-refractivity contribution is -0.137. The zero-order valence-electron chi connectivity index (χ0n) is 10.7. The maximum atomic E-state index is 12.4. The number of benzene rings is 1. The van der Waals surface area contributed by atoms with Gasteiger partial charge in [0, 0.05) is 6.61 Å². The molecule has 0 bridgehead atoms. The minimum absolute atomic E-state index is 0.377. The summed E-state index contributed by atoms with van der Waals surface area (Å²) in [5.74, 6) is 0.565. The van der Waals surface area contributed by atoms with Crippen LogP contribution in [0.5, 0.6) is 0 Å². The molecule has 0 radical (unpaired) electrons. The summed E-state index contributed by atoms with van der Waals surface area (Å²) in [6.07, 6.45) is -2.06. The van der Waals surface area contributed by atoms with Crippen molar-refractivity contribution in [2.24, 2.45) is 5.92 Å². The van der Waals surface area contributed by atoms with Crippen LogP contribution in [0.3, 0.4) is 0 Å². The molecule has 106 valence electrons. The molecule has 1 N–H and O–H groups in total. The lowest BCUT2D eigenvalue weighted by atomic mass is 9.99. The minimum atomic E-state index is -4.27. The van der Waals surface area contributed by atoms with Crippen LogP contribution < -0.4 is 5.32 Å². The van der Waals surface area contributed by atoms with Crippen molar-refractivity contribution in [3.8, 4) is 0 Å². The smallest absolute Gasteiger partial charge is 0.376 e. The lowest BCUT2D eigenvalue weighted by Crippen LogP contribution is -2.29. The fourth-order valence-electron chi connectivity index (χ4n) is 2.18. The number of nitrogens with one attached hydrogen (secondary N) is 1. The number of alkyl halides is 3. The predicted molar refractivity (Wildman–Crippen MR) is 66.7 cm³/mol. The topological polar surface area (TPSA) is 21.3 Å². The molecule has 1 fully saturated rings. The van der Waals surface area contributed by atoms with Crippen molar-refractivity contribution in [2.45, 2.75) is 25.6 Å². The first kappa shape index (κ1) is 14.3. The van der Waals surface area contributed by atoms with E-state index in [-0.39, 0.29) is 0 Å². The van der Waals surface area contributed by atoms with E-state index in [0.717, 1.165) is 43.6 Å². The fourth-order valence-corrected chi connectivity index (χ4v) is 2.18. The van der Waals surface area contributed by atoms with E-state index in [1.807, 2.05) is 0 Å². The van der Waals surface area contributed by atoms with Crippen molar-refractivity contribution in [2.75, 3.05) is 19.7 Å². The van der Waals surface area contributed by atoms with E-state index in [9.17, 15) is 13.2 Å². The molecule has 0 atom stereocenters. The van der Waals surface area contributed by atoms with E-state index in [4.69, 9.17) is 4.74 Å². The van der Waals surface area contributed by atoms with Crippen LogP contribution in [0.4, 0.5) is 13.2 Å². The number of hydrogen-bond acceptors (Lipinski definition) is 2. The van der Waals surface area contributed by atoms with Crippen molar-refractivity contribution >= 4 is 0 Å². The second-order valence-corrected chi connectivity index (χ2v) is 4.90. The molecule has 0 amide bonds. The van der Waals surface area contributed by atoms with E-state index in [1.165, 1.54) is 12.1 Å². The number of halogens is 3. The largest absolute Gasteiger partial charge is 0.416 e. The Hall–Kier alpha value is -1.07. The van der Waals surface area contributed by atoms with Crippen LogP contribution in [-0.4, -0.2) is 19.7 Å². The molecule has 0 aromatic heterocycles. The molecule has 0 aliphatic carbocycles. The Morgan fingerprint density at radius 2 is 1.74 bits per heavy atom. The van der Waals surface area contributed by atoms with E-state index in [2.05, 4.69) is 5.32 Å². The highest BCUT2D eigenvalue weighted by atomic mass is 19.4. The Kier molecular flexibility index (Phi) is 4.82. The molecular weight excluding hydrogens is 255 g/mol. The second-order valence-electron chi connectivity index (χ2n) is 4.90. The van der Waals surface area contributed by atoms with Gasteiger partial charge in [0.15, 0.2) is 0 Å². The number of piperidine rings is 1. The zero-order valence-corrected chi connectivity index (χ0v) is 10.7. The van der Waals surface area contributed by atoms with Crippen molar-refractivity contribution < 1.29 is 17.9 Å². The molecule has 0 spiro atoms. The SMILES string of the molecule is FC(F)(F)c1ccc(COCC2CCNCC2)cc1. The summed E-state index contributed by atoms with van der Waals surface area (Å²) < 4.78 is 42.7. The molecule has 1 aliphatic heterocycles. The van der Waals surface area contributed by atoms with E-state index in [1.54, 1.807) is 0 Å². The first-order valence-electron chi connectivity index (χ1n) is 6.50. The molecule has 1 aliphatic rings. The third-order valence-corrected chi connectivity index (χ3v) is 3.36. The first-order valence-corrected chi connectivity index (χ1v) is 6.50. The molecule has 0 unspecified atom stereocenters. The predicted octanol–water partition coefficient (Wildman–Crippen LogP) is 3.22. The van der Waals surface area contributed by atoms with Gasteiger partial charge in [-0.2, -0.15) is 13.2 Å². The van der Waals surface area contributed by atoms with Gasteiger partial charge in [0.25, 0.3) is 0 Å². The highest BCUT2D eigenvalue weighted by molar-refractivity contribution is 5.24. The summed E-state index contributed by atoms with van der Waals surface area (Å²) in [5.41, 5.74) is 0.163. The van der Waals surface area contributed by atoms with E-state index >= 15 is 0 Å². The Morgan fingerprint density at radius 1 is 1.11 bits per heavy atom. The van der Waals surface area contributed by atoms with Crippen LogP contribution in [0, 0.1) is 5.92 Å². The Labute approximate surface area is 111 Å². The molecule has 1 heterocycles. The minimum Gasteiger partial charge on any atom is -0.376 e. The average Bonchev–Trinajstić information content (AvgIpc) is 2.39. The highest BCUT2D eigenvalue weighted by Gasteiger charge is 2.29. The van der Waals surface area contributed by atoms with Crippen LogP contribution in [0.1, 0.15) is 24.0 Å². The van der Waals surface area contributed by atoms with Crippen LogP contribution in [0.2, 0.25) is 0 Å². The maximum Gasteiger partial charge on any atom is 0.416 e. The Bertz CT molecular complexity index is 383. The lowest BCUT2D eigenvalue weighted by Gasteiger charge is -2.22. The van der Waals surface area contributed by atoms with E-state index < -0.39 is 11.7 Å². The van der Waals surface area contributed by atoms with Crippen molar-refractivity contribution in [1.82, 2.24) is 5.32 Å². The molecular formula is C14H18F3NO. The number of rotatable bonds is 4. The third kappa shape index (κ3) is 4.51. The molecule has 0 saturated carbocycles. The number of hydrogen-bond donors (Lipinski definition) is 1. The fraction of sp³-hybridized carbons (Fsp3) is 0.571. The van der Waals surface area contributed by atoms with Gasteiger partial charge in [0.1, 0.15) is 0 Å². The second kappa shape index (κ2) is 6.39. The van der Waals surface area contributed by atoms with Crippen LogP contribution in [-0.2, 0) is 17.5 Å². The molecule has 2 nitrogen and oxygen atoms in total. The van der Waals surface area contributed by atoms with Gasteiger partial charge in [0.05, 0.1) is 12.2 Å². The normalized spacial score (nSPS) is 17.6. The first-order chi connectivity index (χ1) is 9.05. The third-order valence-electron chi connectivity index (χ3n) is 3.36. The zero-order chi connectivity index (χ0) is 13.7. The standard InChI is InChI=1S/C14H18F3NO/c15-14(16,17)13-3-1-11(2-4-13)9-19-10-12-5-7-18-8-6-12/h1-4,12,18H,5-10H2. The van der Waals surface area contributed by atoms with Gasteiger partial charge in [-0.25, -0.2) is 0 Å². The summed E-state index contributed by atoms with van der Waals surface area (Å²) in [4.78, 5) is 0. The van der Waals surface area contributed by atoms with Crippen molar-refractivity contribution in [3.05, 3.63) is 35.4 Å². The quantitative estimate of drug-likeness (QED) is 0.909. The molecule has 19 heavy (non-hydrogen) atoms. The Morgan fingerprint density at radius 3 is 2.32 bits per heavy atom. The molecule has 1 saturated heterocycles. The van der Waals surface area contributed by atoms with Gasteiger partial charge < -0.3 is 10.1 Å². The Balaban J connectivity index is 1.76. The molecule has 1 aromatic carbocycles. The van der Waals surface area contributed by atoms with Crippen LogP contribution in [0.25, 0.3) is 0 Å². The molecule has 2 rings (SSSR count). The van der Waals surface area contributed by atoms with Gasteiger partial charge in [-0.05, 0) is 49.5 Å². The van der Waals surface area contributed by atoms with Crippen molar-refractivity contribution in [3.63, 3.8) is 0 Å². The summed E-state index contributed by atoms with van der Waals surface area (Å²) in [6.45, 7) is 3.10. The summed E-state index contributed by atoms with van der Waals surface area (Å²) >= 11 is 0. The monoisotopic (exact) mass is 273 g/mol. The number of ether oxygens (including phenoxy) is 1. The van der Waals surface area contributed by atoms with Gasteiger partial charge in [-0.1, -0.05) is 12.1 Å².